The number of carbonyl (C=O) groups excluding carboxylic acids is 2. The molecule has 0 saturated heterocycles. The van der Waals surface area contributed by atoms with Crippen LogP contribution >= 0.6 is 11.3 Å². The van der Waals surface area contributed by atoms with Crippen molar-refractivity contribution in [2.45, 2.75) is 13.3 Å². The number of nitrogens with one attached hydrogen (secondary N) is 2. The third kappa shape index (κ3) is 4.17. The van der Waals surface area contributed by atoms with Gasteiger partial charge >= 0.3 is 0 Å². The lowest BCUT2D eigenvalue weighted by atomic mass is 10.1. The molecule has 20 heavy (non-hydrogen) atoms. The Morgan fingerprint density at radius 1 is 1.25 bits per heavy atom. The fraction of sp³-hybridized carbons (Fsp3) is 0.214. The molecule has 0 spiro atoms. The minimum atomic E-state index is -0.228. The predicted octanol–water partition coefficient (Wildman–Crippen LogP) is 2.07. The molecule has 2 aromatic rings. The third-order valence-electron chi connectivity index (χ3n) is 2.56. The SMILES string of the molecule is CC(=O)Nc1nc(C(=O)NCCc2ccccc2)cs1. The molecule has 2 amide bonds. The van der Waals surface area contributed by atoms with Crippen LogP contribution in [0.2, 0.25) is 0 Å². The molecule has 1 aromatic heterocycles. The van der Waals surface area contributed by atoms with Crippen LogP contribution in [-0.4, -0.2) is 23.3 Å². The summed E-state index contributed by atoms with van der Waals surface area (Å²) in [6.45, 7) is 1.96. The molecule has 0 aliphatic rings. The number of benzene rings is 1. The molecule has 5 nitrogen and oxygen atoms in total. The standard InChI is InChI=1S/C14H15N3O2S/c1-10(18)16-14-17-12(9-20-14)13(19)15-8-7-11-5-3-2-4-6-11/h2-6,9H,7-8H2,1H3,(H,15,19)(H,16,17,18). The van der Waals surface area contributed by atoms with E-state index in [9.17, 15) is 9.59 Å². The first-order valence-electron chi connectivity index (χ1n) is 6.20. The maximum absolute atomic E-state index is 11.9. The topological polar surface area (TPSA) is 71.1 Å². The molecule has 0 aliphatic heterocycles. The van der Waals surface area contributed by atoms with Crippen LogP contribution in [-0.2, 0) is 11.2 Å². The Hall–Kier alpha value is -2.21. The summed E-state index contributed by atoms with van der Waals surface area (Å²) < 4.78 is 0. The summed E-state index contributed by atoms with van der Waals surface area (Å²) in [7, 11) is 0. The number of nitrogens with zero attached hydrogens (tertiary/aromatic N) is 1. The fourth-order valence-corrected chi connectivity index (χ4v) is 2.38. The number of amides is 2. The number of carbonyl (C=O) groups is 2. The van der Waals surface area contributed by atoms with E-state index in [1.807, 2.05) is 30.3 Å². The van der Waals surface area contributed by atoms with Crippen LogP contribution in [0.4, 0.5) is 5.13 Å². The Morgan fingerprint density at radius 2 is 2.00 bits per heavy atom. The van der Waals surface area contributed by atoms with Crippen LogP contribution in [0.25, 0.3) is 0 Å². The highest BCUT2D eigenvalue weighted by Gasteiger charge is 2.10. The first-order valence-corrected chi connectivity index (χ1v) is 7.08. The highest BCUT2D eigenvalue weighted by atomic mass is 32.1. The van der Waals surface area contributed by atoms with Crippen LogP contribution in [0.5, 0.6) is 0 Å². The highest BCUT2D eigenvalue weighted by molar-refractivity contribution is 7.14. The molecule has 0 aliphatic carbocycles. The normalized spacial score (nSPS) is 10.1. The summed E-state index contributed by atoms with van der Waals surface area (Å²) in [6, 6.07) is 9.93. The zero-order chi connectivity index (χ0) is 14.4. The van der Waals surface area contributed by atoms with Gasteiger partial charge in [0.05, 0.1) is 0 Å². The Balaban J connectivity index is 1.83. The van der Waals surface area contributed by atoms with E-state index in [1.165, 1.54) is 23.8 Å². The molecule has 104 valence electrons. The summed E-state index contributed by atoms with van der Waals surface area (Å²) in [5.74, 6) is -0.427. The monoisotopic (exact) mass is 289 g/mol. The van der Waals surface area contributed by atoms with Gasteiger partial charge in [-0.3, -0.25) is 9.59 Å². The molecule has 0 fully saturated rings. The molecule has 2 rings (SSSR count). The molecule has 0 atom stereocenters. The van der Waals surface area contributed by atoms with Crippen molar-refractivity contribution in [3.63, 3.8) is 0 Å². The van der Waals surface area contributed by atoms with E-state index in [2.05, 4.69) is 15.6 Å². The van der Waals surface area contributed by atoms with Gasteiger partial charge in [0.2, 0.25) is 5.91 Å². The molecule has 0 bridgehead atoms. The van der Waals surface area contributed by atoms with Crippen molar-refractivity contribution in [2.75, 3.05) is 11.9 Å². The van der Waals surface area contributed by atoms with Crippen molar-refractivity contribution < 1.29 is 9.59 Å². The largest absolute Gasteiger partial charge is 0.350 e. The second-order valence-electron chi connectivity index (χ2n) is 4.21. The van der Waals surface area contributed by atoms with Gasteiger partial charge in [0, 0.05) is 18.8 Å². The van der Waals surface area contributed by atoms with Crippen molar-refractivity contribution in [1.29, 1.82) is 0 Å². The molecular weight excluding hydrogens is 274 g/mol. The average molecular weight is 289 g/mol. The fourth-order valence-electron chi connectivity index (χ4n) is 1.64. The van der Waals surface area contributed by atoms with Gasteiger partial charge in [-0.1, -0.05) is 30.3 Å². The van der Waals surface area contributed by atoms with E-state index >= 15 is 0 Å². The maximum Gasteiger partial charge on any atom is 0.270 e. The van der Waals surface area contributed by atoms with Crippen LogP contribution < -0.4 is 10.6 Å². The van der Waals surface area contributed by atoms with E-state index < -0.39 is 0 Å². The number of hydrogen-bond donors (Lipinski definition) is 2. The highest BCUT2D eigenvalue weighted by Crippen LogP contribution is 2.15. The van der Waals surface area contributed by atoms with Crippen molar-refractivity contribution in [3.8, 4) is 0 Å². The minimum Gasteiger partial charge on any atom is -0.350 e. The molecule has 1 aromatic carbocycles. The van der Waals surface area contributed by atoms with Crippen molar-refractivity contribution >= 4 is 28.3 Å². The lowest BCUT2D eigenvalue weighted by Gasteiger charge is -2.03. The van der Waals surface area contributed by atoms with E-state index in [-0.39, 0.29) is 11.8 Å². The second-order valence-corrected chi connectivity index (χ2v) is 5.07. The number of hydrogen-bond acceptors (Lipinski definition) is 4. The zero-order valence-corrected chi connectivity index (χ0v) is 11.9. The molecular formula is C14H15N3O2S. The smallest absolute Gasteiger partial charge is 0.270 e. The maximum atomic E-state index is 11.9. The van der Waals surface area contributed by atoms with Crippen molar-refractivity contribution in [1.82, 2.24) is 10.3 Å². The van der Waals surface area contributed by atoms with Gasteiger partial charge < -0.3 is 10.6 Å². The molecule has 0 unspecified atom stereocenters. The minimum absolute atomic E-state index is 0.199. The van der Waals surface area contributed by atoms with E-state index in [4.69, 9.17) is 0 Å². The first-order chi connectivity index (χ1) is 9.65. The van der Waals surface area contributed by atoms with Crippen LogP contribution in [0.1, 0.15) is 23.0 Å². The number of thiazole rings is 1. The van der Waals surface area contributed by atoms with Gasteiger partial charge in [-0.05, 0) is 12.0 Å². The van der Waals surface area contributed by atoms with Gasteiger partial charge in [0.1, 0.15) is 5.69 Å². The summed E-state index contributed by atoms with van der Waals surface area (Å²) in [6.07, 6.45) is 0.773. The Labute approximate surface area is 121 Å². The van der Waals surface area contributed by atoms with Crippen LogP contribution in [0.15, 0.2) is 35.7 Å². The van der Waals surface area contributed by atoms with Gasteiger partial charge in [-0.25, -0.2) is 4.98 Å². The lowest BCUT2D eigenvalue weighted by Crippen LogP contribution is -2.26. The van der Waals surface area contributed by atoms with Gasteiger partial charge in [-0.15, -0.1) is 11.3 Å². The Bertz CT molecular complexity index is 595. The summed E-state index contributed by atoms with van der Waals surface area (Å²) >= 11 is 1.23. The number of anilines is 1. The van der Waals surface area contributed by atoms with Crippen molar-refractivity contribution in [2.24, 2.45) is 0 Å². The summed E-state index contributed by atoms with van der Waals surface area (Å²) in [5.41, 5.74) is 1.50. The first kappa shape index (κ1) is 14.2. The Kier molecular flexibility index (Phi) is 4.84. The molecule has 0 radical (unpaired) electrons. The van der Waals surface area contributed by atoms with Crippen molar-refractivity contribution in [3.05, 3.63) is 47.0 Å². The van der Waals surface area contributed by atoms with Crippen LogP contribution in [0, 0.1) is 0 Å². The van der Waals surface area contributed by atoms with Gasteiger partial charge in [-0.2, -0.15) is 0 Å². The molecule has 2 N–H and O–H groups in total. The Morgan fingerprint density at radius 3 is 2.70 bits per heavy atom. The summed E-state index contributed by atoms with van der Waals surface area (Å²) in [5, 5.41) is 7.42. The predicted molar refractivity (Wildman–Crippen MR) is 78.9 cm³/mol. The van der Waals surface area contributed by atoms with Gasteiger partial charge in [0.15, 0.2) is 5.13 Å². The molecule has 1 heterocycles. The summed E-state index contributed by atoms with van der Waals surface area (Å²) in [4.78, 5) is 26.8. The lowest BCUT2D eigenvalue weighted by molar-refractivity contribution is -0.114. The van der Waals surface area contributed by atoms with Gasteiger partial charge in [0.25, 0.3) is 5.91 Å². The molecule has 0 saturated carbocycles. The van der Waals surface area contributed by atoms with E-state index in [1.54, 1.807) is 5.38 Å². The third-order valence-corrected chi connectivity index (χ3v) is 3.32. The van der Waals surface area contributed by atoms with E-state index in [0.717, 1.165) is 6.42 Å². The number of aromatic nitrogens is 1. The van der Waals surface area contributed by atoms with Crippen LogP contribution in [0.3, 0.4) is 0 Å². The quantitative estimate of drug-likeness (QED) is 0.885. The number of rotatable bonds is 5. The average Bonchev–Trinajstić information content (AvgIpc) is 2.87. The molecule has 6 heteroatoms. The zero-order valence-electron chi connectivity index (χ0n) is 11.1. The van der Waals surface area contributed by atoms with E-state index in [0.29, 0.717) is 17.4 Å². The second kappa shape index (κ2) is 6.81.